The lowest BCUT2D eigenvalue weighted by Crippen LogP contribution is -2.36. The van der Waals surface area contributed by atoms with Crippen LogP contribution in [0.15, 0.2) is 11.3 Å². The maximum absolute atomic E-state index is 10.9. The van der Waals surface area contributed by atoms with Crippen molar-refractivity contribution in [3.8, 4) is 18.2 Å². The minimum atomic E-state index is -1.80. The number of rotatable bonds is 2. The molecule has 1 aliphatic rings. The summed E-state index contributed by atoms with van der Waals surface area (Å²) in [5, 5.41) is 38.1. The van der Waals surface area contributed by atoms with Gasteiger partial charge in [0.15, 0.2) is 5.41 Å². The molecule has 0 aromatic carbocycles. The molecule has 7 nitrogen and oxygen atoms in total. The molecule has 0 radical (unpaired) electrons. The lowest BCUT2D eigenvalue weighted by Gasteiger charge is -2.20. The van der Waals surface area contributed by atoms with Crippen molar-refractivity contribution in [1.82, 2.24) is 0 Å². The van der Waals surface area contributed by atoms with Crippen molar-refractivity contribution in [3.63, 3.8) is 0 Å². The zero-order valence-corrected chi connectivity index (χ0v) is 9.04. The second-order valence-corrected chi connectivity index (χ2v) is 3.72. The molecule has 0 saturated heterocycles. The normalized spacial score (nSPS) is 25.8. The van der Waals surface area contributed by atoms with Gasteiger partial charge in [0.25, 0.3) is 6.04 Å². The Labute approximate surface area is 97.5 Å². The molecular formula is C10H9N5O2. The molecule has 0 spiro atoms. The topological polar surface area (TPSA) is 141 Å². The van der Waals surface area contributed by atoms with Crippen LogP contribution in [0.5, 0.6) is 0 Å². The highest BCUT2D eigenvalue weighted by Crippen LogP contribution is 2.47. The first-order valence-corrected chi connectivity index (χ1v) is 4.86. The SMILES string of the molecule is CCC1C([N+](=O)[O-])C(N)=C(C#N)C1(C#N)C#N. The van der Waals surface area contributed by atoms with E-state index in [-0.39, 0.29) is 17.7 Å². The van der Waals surface area contributed by atoms with Gasteiger partial charge < -0.3 is 5.73 Å². The molecule has 0 fully saturated rings. The van der Waals surface area contributed by atoms with Gasteiger partial charge in [0.05, 0.1) is 35.4 Å². The van der Waals surface area contributed by atoms with Gasteiger partial charge in [0.1, 0.15) is 0 Å². The minimum Gasteiger partial charge on any atom is -0.396 e. The van der Waals surface area contributed by atoms with E-state index in [4.69, 9.17) is 21.5 Å². The third kappa shape index (κ3) is 1.39. The van der Waals surface area contributed by atoms with Crippen molar-refractivity contribution < 1.29 is 4.92 Å². The number of nitriles is 3. The van der Waals surface area contributed by atoms with Crippen molar-refractivity contribution >= 4 is 0 Å². The molecule has 0 amide bonds. The molecule has 0 aliphatic heterocycles. The highest BCUT2D eigenvalue weighted by atomic mass is 16.6. The summed E-state index contributed by atoms with van der Waals surface area (Å²) in [6.45, 7) is 1.62. The smallest absolute Gasteiger partial charge is 0.258 e. The summed E-state index contributed by atoms with van der Waals surface area (Å²) in [5.41, 5.74) is 3.19. The van der Waals surface area contributed by atoms with Crippen LogP contribution in [0.3, 0.4) is 0 Å². The Morgan fingerprint density at radius 1 is 1.47 bits per heavy atom. The van der Waals surface area contributed by atoms with Crippen LogP contribution in [-0.4, -0.2) is 11.0 Å². The van der Waals surface area contributed by atoms with Crippen LogP contribution in [-0.2, 0) is 0 Å². The Kier molecular flexibility index (Phi) is 3.02. The fourth-order valence-electron chi connectivity index (χ4n) is 2.26. The Balaban J connectivity index is 3.55. The van der Waals surface area contributed by atoms with Gasteiger partial charge in [-0.25, -0.2) is 0 Å². The van der Waals surface area contributed by atoms with Gasteiger partial charge in [0, 0.05) is 4.92 Å². The number of nitro groups is 1. The van der Waals surface area contributed by atoms with E-state index >= 15 is 0 Å². The number of hydrogen-bond acceptors (Lipinski definition) is 6. The predicted octanol–water partition coefficient (Wildman–Crippen LogP) is 0.441. The van der Waals surface area contributed by atoms with Gasteiger partial charge in [-0.15, -0.1) is 0 Å². The lowest BCUT2D eigenvalue weighted by atomic mass is 9.74. The first-order chi connectivity index (χ1) is 7.99. The number of hydrogen-bond donors (Lipinski definition) is 1. The summed E-state index contributed by atoms with van der Waals surface area (Å²) < 4.78 is 0. The largest absolute Gasteiger partial charge is 0.396 e. The van der Waals surface area contributed by atoms with Crippen LogP contribution >= 0.6 is 0 Å². The standard InChI is InChI=1S/C10H9N5O2/c1-2-6-9(15(16)17)8(14)7(3-11)10(6,4-12)5-13/h6,9H,2,14H2,1H3. The summed E-state index contributed by atoms with van der Waals surface area (Å²) >= 11 is 0. The summed E-state index contributed by atoms with van der Waals surface area (Å²) in [6.07, 6.45) is 0.221. The Bertz CT molecular complexity index is 502. The van der Waals surface area contributed by atoms with Crippen molar-refractivity contribution in [1.29, 1.82) is 15.8 Å². The van der Waals surface area contributed by atoms with Crippen LogP contribution in [0.1, 0.15) is 13.3 Å². The predicted molar refractivity (Wildman–Crippen MR) is 55.0 cm³/mol. The minimum absolute atomic E-state index is 0.221. The maximum Gasteiger partial charge on any atom is 0.258 e. The highest BCUT2D eigenvalue weighted by Gasteiger charge is 2.59. The molecule has 17 heavy (non-hydrogen) atoms. The van der Waals surface area contributed by atoms with E-state index in [1.165, 1.54) is 0 Å². The van der Waals surface area contributed by atoms with Crippen molar-refractivity contribution in [3.05, 3.63) is 21.4 Å². The summed E-state index contributed by atoms with van der Waals surface area (Å²) in [5.74, 6) is -0.887. The number of allylic oxidation sites excluding steroid dienone is 1. The van der Waals surface area contributed by atoms with Crippen LogP contribution in [0.25, 0.3) is 0 Å². The lowest BCUT2D eigenvalue weighted by molar-refractivity contribution is -0.521. The zero-order valence-electron chi connectivity index (χ0n) is 9.04. The highest BCUT2D eigenvalue weighted by molar-refractivity contribution is 5.51. The molecule has 0 aromatic rings. The second kappa shape index (κ2) is 4.11. The van der Waals surface area contributed by atoms with Gasteiger partial charge in [-0.2, -0.15) is 15.8 Å². The van der Waals surface area contributed by atoms with Crippen LogP contribution in [0, 0.1) is 55.4 Å². The van der Waals surface area contributed by atoms with Gasteiger partial charge in [-0.05, 0) is 6.42 Å². The average Bonchev–Trinajstić information content (AvgIpc) is 2.57. The number of nitrogens with two attached hydrogens (primary N) is 1. The third-order valence-corrected chi connectivity index (χ3v) is 3.07. The molecule has 1 aliphatic carbocycles. The number of nitrogens with zero attached hydrogens (tertiary/aromatic N) is 4. The fraction of sp³-hybridized carbons (Fsp3) is 0.500. The molecule has 86 valence electrons. The monoisotopic (exact) mass is 231 g/mol. The Morgan fingerprint density at radius 2 is 2.00 bits per heavy atom. The van der Waals surface area contributed by atoms with Crippen LogP contribution < -0.4 is 5.73 Å². The van der Waals surface area contributed by atoms with E-state index < -0.39 is 22.3 Å². The fourth-order valence-corrected chi connectivity index (χ4v) is 2.26. The first kappa shape index (κ1) is 12.5. The van der Waals surface area contributed by atoms with E-state index in [9.17, 15) is 10.1 Å². The zero-order chi connectivity index (χ0) is 13.2. The van der Waals surface area contributed by atoms with Crippen molar-refractivity contribution in [2.75, 3.05) is 0 Å². The van der Waals surface area contributed by atoms with Gasteiger partial charge in [-0.1, -0.05) is 6.92 Å². The molecule has 0 heterocycles. The van der Waals surface area contributed by atoms with E-state index in [1.54, 1.807) is 25.1 Å². The molecular weight excluding hydrogens is 222 g/mol. The average molecular weight is 231 g/mol. The summed E-state index contributed by atoms with van der Waals surface area (Å²) in [7, 11) is 0. The maximum atomic E-state index is 10.9. The van der Waals surface area contributed by atoms with Gasteiger partial charge >= 0.3 is 0 Å². The van der Waals surface area contributed by atoms with Crippen LogP contribution in [0.2, 0.25) is 0 Å². The van der Waals surface area contributed by atoms with Crippen molar-refractivity contribution in [2.24, 2.45) is 17.1 Å². The van der Waals surface area contributed by atoms with Crippen LogP contribution in [0.4, 0.5) is 0 Å². The van der Waals surface area contributed by atoms with Crippen molar-refractivity contribution in [2.45, 2.75) is 19.4 Å². The third-order valence-electron chi connectivity index (χ3n) is 3.07. The molecule has 0 bridgehead atoms. The Morgan fingerprint density at radius 3 is 2.29 bits per heavy atom. The molecule has 2 atom stereocenters. The van der Waals surface area contributed by atoms with E-state index in [2.05, 4.69) is 0 Å². The summed E-state index contributed by atoms with van der Waals surface area (Å²) in [6, 6.07) is 3.76. The quantitative estimate of drug-likeness (QED) is 0.539. The van der Waals surface area contributed by atoms with Gasteiger partial charge in [-0.3, -0.25) is 10.1 Å². The van der Waals surface area contributed by atoms with E-state index in [1.807, 2.05) is 0 Å². The van der Waals surface area contributed by atoms with E-state index in [0.717, 1.165) is 0 Å². The van der Waals surface area contributed by atoms with E-state index in [0.29, 0.717) is 0 Å². The summed E-state index contributed by atoms with van der Waals surface area (Å²) in [4.78, 5) is 10.3. The Hall–Kier alpha value is -2.59. The molecule has 2 N–H and O–H groups in total. The molecule has 2 unspecified atom stereocenters. The first-order valence-electron chi connectivity index (χ1n) is 4.86. The van der Waals surface area contributed by atoms with Gasteiger partial charge in [0.2, 0.25) is 0 Å². The molecule has 1 rings (SSSR count). The molecule has 7 heteroatoms. The molecule has 0 saturated carbocycles. The molecule has 0 aromatic heterocycles. The second-order valence-electron chi connectivity index (χ2n) is 3.72.